The van der Waals surface area contributed by atoms with E-state index < -0.39 is 28.3 Å². The van der Waals surface area contributed by atoms with Gasteiger partial charge >= 0.3 is 5.97 Å². The molecule has 25 heavy (non-hydrogen) atoms. The van der Waals surface area contributed by atoms with Crippen molar-refractivity contribution >= 4 is 61.2 Å². The molecule has 7 nitrogen and oxygen atoms in total. The molecule has 0 spiro atoms. The highest BCUT2D eigenvalue weighted by atomic mass is 32.2. The smallest absolute Gasteiger partial charge is 0.341 e. The summed E-state index contributed by atoms with van der Waals surface area (Å²) in [7, 11) is 0. The molecule has 0 aliphatic carbocycles. The Morgan fingerprint density at radius 2 is 2.04 bits per heavy atom. The molecule has 1 atom stereocenters. The second kappa shape index (κ2) is 7.24. The van der Waals surface area contributed by atoms with Crippen molar-refractivity contribution in [2.45, 2.75) is 18.6 Å². The van der Waals surface area contributed by atoms with Crippen molar-refractivity contribution < 1.29 is 23.9 Å². The van der Waals surface area contributed by atoms with Gasteiger partial charge in [-0.1, -0.05) is 30.0 Å². The summed E-state index contributed by atoms with van der Waals surface area (Å²) in [6, 6.07) is 7.27. The van der Waals surface area contributed by atoms with E-state index in [1.54, 1.807) is 19.1 Å². The fraction of sp³-hybridized carbons (Fsp3) is 0.250. The maximum Gasteiger partial charge on any atom is 0.341 e. The Balaban J connectivity index is 1.84. The zero-order valence-electron chi connectivity index (χ0n) is 13.2. The van der Waals surface area contributed by atoms with Crippen LogP contribution in [0.4, 0.5) is 9.80 Å². The molecule has 1 aliphatic heterocycles. The third-order valence-corrected chi connectivity index (χ3v) is 5.53. The number of amides is 3. The maximum atomic E-state index is 12.3. The zero-order chi connectivity index (χ0) is 18.0. The van der Waals surface area contributed by atoms with E-state index in [0.29, 0.717) is 16.0 Å². The first-order valence-corrected chi connectivity index (χ1v) is 9.19. The summed E-state index contributed by atoms with van der Waals surface area (Å²) in [6.07, 6.45) is -0.154. The maximum absolute atomic E-state index is 12.3. The standard InChI is InChI=1S/C16H14N2O5S2/c1-2-23-15(21)12-8-5-3-4-6-9(8)24-14(12)17-11(19)7-10-13(20)18-16(22)25-10/h3-6,10H,2,7H2,1H3,(H,17,19)(H,18,20,22). The molecule has 2 aromatic rings. The van der Waals surface area contributed by atoms with Gasteiger partial charge < -0.3 is 10.1 Å². The minimum Gasteiger partial charge on any atom is -0.462 e. The molecule has 2 N–H and O–H groups in total. The van der Waals surface area contributed by atoms with Gasteiger partial charge in [0.25, 0.3) is 5.24 Å². The lowest BCUT2D eigenvalue weighted by Gasteiger charge is -2.08. The van der Waals surface area contributed by atoms with Gasteiger partial charge in [-0.25, -0.2) is 4.79 Å². The fourth-order valence-corrected chi connectivity index (χ4v) is 4.34. The van der Waals surface area contributed by atoms with Crippen LogP contribution in [0.5, 0.6) is 0 Å². The normalized spacial score (nSPS) is 16.8. The van der Waals surface area contributed by atoms with Gasteiger partial charge in [0, 0.05) is 16.5 Å². The number of rotatable bonds is 5. The van der Waals surface area contributed by atoms with E-state index in [1.807, 2.05) is 12.1 Å². The highest BCUT2D eigenvalue weighted by Crippen LogP contribution is 2.36. The number of nitrogens with one attached hydrogen (secondary N) is 2. The van der Waals surface area contributed by atoms with Crippen molar-refractivity contribution in [2.24, 2.45) is 0 Å². The van der Waals surface area contributed by atoms with E-state index in [4.69, 9.17) is 4.74 Å². The average Bonchev–Trinajstić information content (AvgIpc) is 3.06. The number of hydrogen-bond acceptors (Lipinski definition) is 7. The number of imide groups is 1. The van der Waals surface area contributed by atoms with Crippen molar-refractivity contribution in [2.75, 3.05) is 11.9 Å². The minimum absolute atomic E-state index is 0.154. The quantitative estimate of drug-likeness (QED) is 0.776. The Kier molecular flexibility index (Phi) is 5.05. The molecular weight excluding hydrogens is 364 g/mol. The van der Waals surface area contributed by atoms with Crippen molar-refractivity contribution in [1.29, 1.82) is 0 Å². The Morgan fingerprint density at radius 1 is 1.28 bits per heavy atom. The van der Waals surface area contributed by atoms with E-state index in [9.17, 15) is 19.2 Å². The van der Waals surface area contributed by atoms with Gasteiger partial charge in [0.05, 0.1) is 6.61 Å². The van der Waals surface area contributed by atoms with Crippen molar-refractivity contribution in [3.63, 3.8) is 0 Å². The number of fused-ring (bicyclic) bond motifs is 1. The highest BCUT2D eigenvalue weighted by Gasteiger charge is 2.33. The number of carbonyl (C=O) groups excluding carboxylic acids is 4. The van der Waals surface area contributed by atoms with Gasteiger partial charge in [-0.3, -0.25) is 19.7 Å². The summed E-state index contributed by atoms with van der Waals surface area (Å²) in [4.78, 5) is 47.3. The van der Waals surface area contributed by atoms with Crippen LogP contribution in [0.3, 0.4) is 0 Å². The van der Waals surface area contributed by atoms with Gasteiger partial charge in [-0.2, -0.15) is 0 Å². The van der Waals surface area contributed by atoms with Crippen molar-refractivity contribution in [3.05, 3.63) is 29.8 Å². The molecular formula is C16H14N2O5S2. The predicted molar refractivity (Wildman–Crippen MR) is 95.9 cm³/mol. The summed E-state index contributed by atoms with van der Waals surface area (Å²) < 4.78 is 5.92. The van der Waals surface area contributed by atoms with Gasteiger partial charge in [-0.15, -0.1) is 11.3 Å². The van der Waals surface area contributed by atoms with E-state index in [-0.39, 0.29) is 13.0 Å². The zero-order valence-corrected chi connectivity index (χ0v) is 14.8. The molecule has 1 aromatic heterocycles. The van der Waals surface area contributed by atoms with Crippen LogP contribution in [0.15, 0.2) is 24.3 Å². The van der Waals surface area contributed by atoms with Crippen molar-refractivity contribution in [3.8, 4) is 0 Å². The van der Waals surface area contributed by atoms with Crippen molar-refractivity contribution in [1.82, 2.24) is 5.32 Å². The number of benzene rings is 1. The van der Waals surface area contributed by atoms with Gasteiger partial charge in [0.1, 0.15) is 15.8 Å². The second-order valence-corrected chi connectivity index (χ2v) is 7.39. The van der Waals surface area contributed by atoms with Crippen LogP contribution < -0.4 is 10.6 Å². The molecule has 2 heterocycles. The Labute approximate surface area is 151 Å². The highest BCUT2D eigenvalue weighted by molar-refractivity contribution is 8.15. The SMILES string of the molecule is CCOC(=O)c1c(NC(=O)CC2SC(=O)NC2=O)sc2ccccc12. The topological polar surface area (TPSA) is 102 Å². The van der Waals surface area contributed by atoms with Crippen LogP contribution in [0.2, 0.25) is 0 Å². The number of hydrogen-bond donors (Lipinski definition) is 2. The molecule has 1 aliphatic rings. The summed E-state index contributed by atoms with van der Waals surface area (Å²) in [5.74, 6) is -1.44. The fourth-order valence-electron chi connectivity index (χ4n) is 2.41. The van der Waals surface area contributed by atoms with Crippen LogP contribution in [0, 0.1) is 0 Å². The van der Waals surface area contributed by atoms with Gasteiger partial charge in [0.2, 0.25) is 11.8 Å². The number of carbonyl (C=O) groups is 4. The third kappa shape index (κ3) is 3.67. The molecule has 0 radical (unpaired) electrons. The molecule has 1 saturated heterocycles. The molecule has 1 fully saturated rings. The number of esters is 1. The van der Waals surface area contributed by atoms with E-state index in [1.165, 1.54) is 11.3 Å². The van der Waals surface area contributed by atoms with E-state index in [0.717, 1.165) is 16.5 Å². The first-order chi connectivity index (χ1) is 12.0. The first-order valence-electron chi connectivity index (χ1n) is 7.49. The van der Waals surface area contributed by atoms with E-state index >= 15 is 0 Å². The summed E-state index contributed by atoms with van der Waals surface area (Å²) in [6.45, 7) is 1.93. The van der Waals surface area contributed by atoms with Crippen LogP contribution in [-0.2, 0) is 14.3 Å². The number of thioether (sulfide) groups is 1. The monoisotopic (exact) mass is 378 g/mol. The Hall–Kier alpha value is -2.39. The molecule has 130 valence electrons. The lowest BCUT2D eigenvalue weighted by molar-refractivity contribution is -0.122. The number of ether oxygens (including phenoxy) is 1. The van der Waals surface area contributed by atoms with Gasteiger partial charge in [-0.05, 0) is 13.0 Å². The lowest BCUT2D eigenvalue weighted by Crippen LogP contribution is -2.27. The second-order valence-electron chi connectivity index (χ2n) is 5.16. The minimum atomic E-state index is -0.757. The predicted octanol–water partition coefficient (Wildman–Crippen LogP) is 2.76. The molecule has 0 bridgehead atoms. The summed E-state index contributed by atoms with van der Waals surface area (Å²) >= 11 is 2.05. The molecule has 9 heteroatoms. The third-order valence-electron chi connectivity index (χ3n) is 3.47. The summed E-state index contributed by atoms with van der Waals surface area (Å²) in [5.41, 5.74) is 0.301. The Morgan fingerprint density at radius 3 is 2.72 bits per heavy atom. The van der Waals surface area contributed by atoms with Crippen LogP contribution in [0.1, 0.15) is 23.7 Å². The van der Waals surface area contributed by atoms with Crippen LogP contribution >= 0.6 is 23.1 Å². The van der Waals surface area contributed by atoms with Crippen LogP contribution in [-0.4, -0.2) is 34.9 Å². The van der Waals surface area contributed by atoms with Crippen LogP contribution in [0.25, 0.3) is 10.1 Å². The van der Waals surface area contributed by atoms with Gasteiger partial charge in [0.15, 0.2) is 0 Å². The number of anilines is 1. The molecule has 1 unspecified atom stereocenters. The molecule has 1 aromatic carbocycles. The Bertz CT molecular complexity index is 877. The molecule has 3 amide bonds. The summed E-state index contributed by atoms with van der Waals surface area (Å²) in [5, 5.41) is 4.67. The molecule has 3 rings (SSSR count). The largest absolute Gasteiger partial charge is 0.462 e. The number of thiophene rings is 1. The van der Waals surface area contributed by atoms with E-state index in [2.05, 4.69) is 10.6 Å². The first kappa shape index (κ1) is 17.4. The lowest BCUT2D eigenvalue weighted by atomic mass is 10.1. The average molecular weight is 378 g/mol. The molecule has 0 saturated carbocycles.